The number of hydrogen-bond donors (Lipinski definition) is 0. The summed E-state index contributed by atoms with van der Waals surface area (Å²) in [5.74, 6) is 0.111. The number of rotatable bonds is 9. The number of hydrogen-bond acceptors (Lipinski definition) is 7. The van der Waals surface area contributed by atoms with Crippen LogP contribution < -0.4 is 11.2 Å². The maximum Gasteiger partial charge on any atom is 0.332 e. The lowest BCUT2D eigenvalue weighted by atomic mass is 10.2. The number of sulfone groups is 1. The fourth-order valence-electron chi connectivity index (χ4n) is 4.52. The largest absolute Gasteiger partial charge is 0.332 e. The number of aromatic nitrogens is 4. The van der Waals surface area contributed by atoms with Crippen LogP contribution in [0.3, 0.4) is 0 Å². The van der Waals surface area contributed by atoms with E-state index in [1.807, 2.05) is 0 Å². The van der Waals surface area contributed by atoms with E-state index in [-0.39, 0.29) is 17.0 Å². The Morgan fingerprint density at radius 2 is 1.51 bits per heavy atom. The second kappa shape index (κ2) is 10.7. The van der Waals surface area contributed by atoms with Gasteiger partial charge in [0.1, 0.15) is 0 Å². The molecule has 0 aliphatic carbocycles. The van der Waals surface area contributed by atoms with Crippen LogP contribution in [-0.2, 0) is 30.5 Å². The Kier molecular flexibility index (Phi) is 7.80. The van der Waals surface area contributed by atoms with Gasteiger partial charge in [-0.05, 0) is 50.2 Å². The highest BCUT2D eigenvalue weighted by Gasteiger charge is 2.20. The molecule has 12 heteroatoms. The molecule has 1 aliphatic rings. The Bertz CT molecular complexity index is 1400. The van der Waals surface area contributed by atoms with Gasteiger partial charge in [-0.15, -0.1) is 0 Å². The van der Waals surface area contributed by atoms with E-state index in [0.29, 0.717) is 40.5 Å². The van der Waals surface area contributed by atoms with E-state index in [1.165, 1.54) is 9.13 Å². The molecule has 35 heavy (non-hydrogen) atoms. The number of fused-ring (bicyclic) bond motifs is 1. The van der Waals surface area contributed by atoms with Crippen molar-refractivity contribution < 1.29 is 8.42 Å². The van der Waals surface area contributed by atoms with Crippen molar-refractivity contribution in [3.05, 3.63) is 56.5 Å². The standard InChI is InChI=1S/C23H31ClN6O4S/c1-26-17-25-21-20(26)22(31)30(23(32)27(21)2)11-3-9-28-12-14-29(15-13-28)10-4-16-35(33,34)19-7-5-18(24)6-8-19/h5-8,17H,3-4,9-16H2,1-2H3. The van der Waals surface area contributed by atoms with E-state index in [4.69, 9.17) is 11.6 Å². The first-order valence-electron chi connectivity index (χ1n) is 11.7. The lowest BCUT2D eigenvalue weighted by molar-refractivity contribution is 0.130. The molecule has 0 unspecified atom stereocenters. The monoisotopic (exact) mass is 522 g/mol. The lowest BCUT2D eigenvalue weighted by Crippen LogP contribution is -2.47. The molecule has 2 aromatic heterocycles. The molecule has 10 nitrogen and oxygen atoms in total. The third kappa shape index (κ3) is 5.69. The third-order valence-electron chi connectivity index (χ3n) is 6.58. The quantitative estimate of drug-likeness (QED) is 0.412. The molecule has 1 saturated heterocycles. The molecule has 4 rings (SSSR count). The summed E-state index contributed by atoms with van der Waals surface area (Å²) in [6, 6.07) is 6.29. The molecule has 0 spiro atoms. The average Bonchev–Trinajstić information content (AvgIpc) is 3.22. The van der Waals surface area contributed by atoms with Gasteiger partial charge in [0.05, 0.1) is 17.0 Å². The first kappa shape index (κ1) is 25.6. The van der Waals surface area contributed by atoms with Crippen molar-refractivity contribution >= 4 is 32.6 Å². The van der Waals surface area contributed by atoms with Crippen LogP contribution in [0.2, 0.25) is 5.02 Å². The summed E-state index contributed by atoms with van der Waals surface area (Å²) in [6.45, 7) is 5.35. The van der Waals surface area contributed by atoms with Crippen LogP contribution in [0.5, 0.6) is 0 Å². The third-order valence-corrected chi connectivity index (χ3v) is 8.65. The zero-order valence-corrected chi connectivity index (χ0v) is 21.6. The minimum absolute atomic E-state index is 0.111. The summed E-state index contributed by atoms with van der Waals surface area (Å²) in [7, 11) is 0.0744. The average molecular weight is 523 g/mol. The van der Waals surface area contributed by atoms with Crippen molar-refractivity contribution in [2.75, 3.05) is 45.0 Å². The van der Waals surface area contributed by atoms with E-state index < -0.39 is 9.84 Å². The predicted octanol–water partition coefficient (Wildman–Crippen LogP) is 0.959. The number of halogens is 1. The maximum absolute atomic E-state index is 12.8. The Labute approximate surface area is 209 Å². The van der Waals surface area contributed by atoms with Gasteiger partial charge in [-0.25, -0.2) is 18.2 Å². The maximum atomic E-state index is 12.8. The Morgan fingerprint density at radius 1 is 0.914 bits per heavy atom. The summed E-state index contributed by atoms with van der Waals surface area (Å²) < 4.78 is 29.3. The van der Waals surface area contributed by atoms with Gasteiger partial charge in [-0.2, -0.15) is 0 Å². The molecular formula is C23H31ClN6O4S. The fraction of sp³-hybridized carbons (Fsp3) is 0.522. The van der Waals surface area contributed by atoms with Crippen molar-refractivity contribution in [2.24, 2.45) is 14.1 Å². The molecule has 0 amide bonds. The minimum atomic E-state index is -3.31. The van der Waals surface area contributed by atoms with Crippen LogP contribution in [0.15, 0.2) is 45.1 Å². The molecule has 0 radical (unpaired) electrons. The zero-order chi connectivity index (χ0) is 25.2. The predicted molar refractivity (Wildman–Crippen MR) is 136 cm³/mol. The van der Waals surface area contributed by atoms with E-state index in [1.54, 1.807) is 49.3 Å². The SMILES string of the molecule is Cn1cnc2c1c(=O)n(CCCN1CCN(CCCS(=O)(=O)c3ccc(Cl)cc3)CC1)c(=O)n2C. The molecule has 1 fully saturated rings. The number of aryl methyl sites for hydroxylation is 2. The minimum Gasteiger partial charge on any atom is -0.328 e. The van der Waals surface area contributed by atoms with Crippen LogP contribution in [-0.4, -0.2) is 81.9 Å². The summed E-state index contributed by atoms with van der Waals surface area (Å²) in [6.07, 6.45) is 2.81. The highest BCUT2D eigenvalue weighted by molar-refractivity contribution is 7.91. The van der Waals surface area contributed by atoms with Gasteiger partial charge >= 0.3 is 5.69 Å². The van der Waals surface area contributed by atoms with Crippen LogP contribution in [0.4, 0.5) is 0 Å². The van der Waals surface area contributed by atoms with Gasteiger partial charge in [-0.3, -0.25) is 13.9 Å². The fourth-order valence-corrected chi connectivity index (χ4v) is 5.94. The number of imidazole rings is 1. The first-order valence-corrected chi connectivity index (χ1v) is 13.7. The van der Waals surface area contributed by atoms with Gasteiger partial charge in [0.2, 0.25) is 0 Å². The second-order valence-electron chi connectivity index (χ2n) is 8.99. The molecule has 0 N–H and O–H groups in total. The van der Waals surface area contributed by atoms with E-state index in [9.17, 15) is 18.0 Å². The van der Waals surface area contributed by atoms with Gasteiger partial charge in [0.15, 0.2) is 21.0 Å². The van der Waals surface area contributed by atoms with Crippen molar-refractivity contribution in [3.63, 3.8) is 0 Å². The highest BCUT2D eigenvalue weighted by Crippen LogP contribution is 2.16. The molecule has 0 saturated carbocycles. The summed E-state index contributed by atoms with van der Waals surface area (Å²) in [5.41, 5.74) is 0.177. The molecule has 0 atom stereocenters. The van der Waals surface area contributed by atoms with Crippen molar-refractivity contribution in [2.45, 2.75) is 24.3 Å². The first-order chi connectivity index (χ1) is 16.7. The summed E-state index contributed by atoms with van der Waals surface area (Å²) >= 11 is 5.85. The smallest absolute Gasteiger partial charge is 0.328 e. The van der Waals surface area contributed by atoms with Gasteiger partial charge in [0, 0.05) is 51.8 Å². The molecule has 0 bridgehead atoms. The summed E-state index contributed by atoms with van der Waals surface area (Å²) in [4.78, 5) is 34.5. The van der Waals surface area contributed by atoms with E-state index in [0.717, 1.165) is 39.3 Å². The Balaban J connectivity index is 1.22. The van der Waals surface area contributed by atoms with Crippen LogP contribution in [0.25, 0.3) is 11.2 Å². The molecule has 3 heterocycles. The van der Waals surface area contributed by atoms with Crippen LogP contribution >= 0.6 is 11.6 Å². The molecule has 1 aromatic carbocycles. The lowest BCUT2D eigenvalue weighted by Gasteiger charge is -2.34. The van der Waals surface area contributed by atoms with E-state index in [2.05, 4.69) is 14.8 Å². The second-order valence-corrected chi connectivity index (χ2v) is 11.5. The summed E-state index contributed by atoms with van der Waals surface area (Å²) in [5, 5.41) is 0.519. The van der Waals surface area contributed by atoms with Crippen LogP contribution in [0.1, 0.15) is 12.8 Å². The van der Waals surface area contributed by atoms with Crippen molar-refractivity contribution in [3.8, 4) is 0 Å². The van der Waals surface area contributed by atoms with E-state index >= 15 is 0 Å². The number of nitrogens with zero attached hydrogens (tertiary/aromatic N) is 6. The molecular weight excluding hydrogens is 492 g/mol. The highest BCUT2D eigenvalue weighted by atomic mass is 35.5. The molecule has 1 aliphatic heterocycles. The van der Waals surface area contributed by atoms with Crippen molar-refractivity contribution in [1.29, 1.82) is 0 Å². The zero-order valence-electron chi connectivity index (χ0n) is 20.1. The van der Waals surface area contributed by atoms with Crippen molar-refractivity contribution in [1.82, 2.24) is 28.5 Å². The normalized spacial score (nSPS) is 15.7. The number of piperazine rings is 1. The van der Waals surface area contributed by atoms with Gasteiger partial charge in [0.25, 0.3) is 5.56 Å². The topological polar surface area (TPSA) is 102 Å². The molecule has 190 valence electrons. The number of benzene rings is 1. The van der Waals surface area contributed by atoms with Gasteiger partial charge in [-0.1, -0.05) is 11.6 Å². The molecule has 3 aromatic rings. The Hall–Kier alpha value is -2.47. The van der Waals surface area contributed by atoms with Crippen LogP contribution in [0, 0.1) is 0 Å². The Morgan fingerprint density at radius 3 is 2.14 bits per heavy atom. The van der Waals surface area contributed by atoms with Gasteiger partial charge < -0.3 is 14.4 Å².